The van der Waals surface area contributed by atoms with Gasteiger partial charge in [-0.3, -0.25) is 9.59 Å². The minimum atomic E-state index is -0.324. The highest BCUT2D eigenvalue weighted by atomic mass is 16.2. The van der Waals surface area contributed by atoms with Crippen LogP contribution >= 0.6 is 0 Å². The molecule has 0 saturated carbocycles. The first-order chi connectivity index (χ1) is 12.5. The van der Waals surface area contributed by atoms with Crippen LogP contribution < -0.4 is 15.5 Å². The van der Waals surface area contributed by atoms with Gasteiger partial charge in [-0.25, -0.2) is 0 Å². The Hall–Kier alpha value is -2.66. The molecule has 5 nitrogen and oxygen atoms in total. The highest BCUT2D eigenvalue weighted by molar-refractivity contribution is 5.79. The van der Waals surface area contributed by atoms with Gasteiger partial charge >= 0.3 is 0 Å². The van der Waals surface area contributed by atoms with Crippen LogP contribution in [0.15, 0.2) is 54.6 Å². The van der Waals surface area contributed by atoms with Gasteiger partial charge in [-0.1, -0.05) is 54.6 Å². The molecule has 0 unspecified atom stereocenters. The molecule has 0 aliphatic rings. The zero-order valence-corrected chi connectivity index (χ0v) is 15.7. The molecule has 5 heteroatoms. The zero-order valence-electron chi connectivity index (χ0n) is 15.7. The molecule has 0 saturated heterocycles. The van der Waals surface area contributed by atoms with Gasteiger partial charge in [0.15, 0.2) is 0 Å². The van der Waals surface area contributed by atoms with E-state index in [1.54, 1.807) is 0 Å². The predicted molar refractivity (Wildman–Crippen MR) is 102 cm³/mol. The minimum Gasteiger partial charge on any atom is -0.352 e. The van der Waals surface area contributed by atoms with Gasteiger partial charge in [-0.15, -0.1) is 0 Å². The Kier molecular flexibility index (Phi) is 7.36. The highest BCUT2D eigenvalue weighted by Gasteiger charge is 2.17. The molecule has 26 heavy (non-hydrogen) atoms. The molecule has 1 atom stereocenters. The van der Waals surface area contributed by atoms with Gasteiger partial charge in [-0.2, -0.15) is 0 Å². The largest absolute Gasteiger partial charge is 0.352 e. The van der Waals surface area contributed by atoms with E-state index in [2.05, 4.69) is 30.8 Å². The maximum atomic E-state index is 12.4. The second kappa shape index (κ2) is 9.73. The Morgan fingerprint density at radius 3 is 2.19 bits per heavy atom. The summed E-state index contributed by atoms with van der Waals surface area (Å²) < 4.78 is 0. The number of quaternary nitrogens is 1. The first kappa shape index (κ1) is 19.7. The summed E-state index contributed by atoms with van der Waals surface area (Å²) in [7, 11) is 4.21. The quantitative estimate of drug-likeness (QED) is 0.667. The smallest absolute Gasteiger partial charge is 0.222 e. The molecule has 2 aromatic carbocycles. The van der Waals surface area contributed by atoms with Gasteiger partial charge in [0, 0.05) is 19.0 Å². The Morgan fingerprint density at radius 1 is 0.962 bits per heavy atom. The fourth-order valence-corrected chi connectivity index (χ4v) is 2.92. The Balaban J connectivity index is 1.99. The van der Waals surface area contributed by atoms with Crippen molar-refractivity contribution in [3.8, 4) is 0 Å². The average molecular weight is 354 g/mol. The lowest BCUT2D eigenvalue weighted by molar-refractivity contribution is -0.872. The molecule has 0 bridgehead atoms. The molecule has 2 rings (SSSR count). The van der Waals surface area contributed by atoms with E-state index in [0.717, 1.165) is 17.7 Å². The number of benzene rings is 2. The van der Waals surface area contributed by atoms with Gasteiger partial charge in [0.2, 0.25) is 11.8 Å². The lowest BCUT2D eigenvalue weighted by atomic mass is 10.0. The molecule has 0 aromatic heterocycles. The molecule has 3 N–H and O–H groups in total. The Labute approximate surface area is 155 Å². The molecule has 0 spiro atoms. The molecule has 2 aromatic rings. The molecule has 0 aliphatic heterocycles. The first-order valence-corrected chi connectivity index (χ1v) is 8.90. The molecular formula is C21H28N3O2+. The summed E-state index contributed by atoms with van der Waals surface area (Å²) >= 11 is 0. The van der Waals surface area contributed by atoms with Crippen LogP contribution in [0.1, 0.15) is 36.1 Å². The van der Waals surface area contributed by atoms with Crippen LogP contribution in [0.5, 0.6) is 0 Å². The van der Waals surface area contributed by atoms with Gasteiger partial charge in [0.05, 0.1) is 26.6 Å². The number of nitrogens with one attached hydrogen (secondary N) is 3. The summed E-state index contributed by atoms with van der Waals surface area (Å²) in [4.78, 5) is 25.3. The topological polar surface area (TPSA) is 62.6 Å². The molecule has 0 aliphatic carbocycles. The minimum absolute atomic E-state index is 0.0837. The van der Waals surface area contributed by atoms with Crippen molar-refractivity contribution in [1.82, 2.24) is 10.6 Å². The van der Waals surface area contributed by atoms with E-state index in [1.165, 1.54) is 17.4 Å². The molecule has 2 amide bonds. The van der Waals surface area contributed by atoms with Crippen molar-refractivity contribution in [2.24, 2.45) is 0 Å². The van der Waals surface area contributed by atoms with E-state index in [-0.39, 0.29) is 24.3 Å². The van der Waals surface area contributed by atoms with Crippen LogP contribution in [0.3, 0.4) is 0 Å². The van der Waals surface area contributed by atoms with Crippen LogP contribution in [0, 0.1) is 0 Å². The first-order valence-electron chi connectivity index (χ1n) is 8.90. The van der Waals surface area contributed by atoms with Crippen molar-refractivity contribution in [3.05, 3.63) is 71.3 Å². The number of hydrogen-bond acceptors (Lipinski definition) is 2. The fraction of sp³-hybridized carbons (Fsp3) is 0.333. The second-order valence-corrected chi connectivity index (χ2v) is 6.80. The van der Waals surface area contributed by atoms with Gasteiger partial charge in [0.25, 0.3) is 0 Å². The molecule has 0 heterocycles. The van der Waals surface area contributed by atoms with Crippen molar-refractivity contribution in [3.63, 3.8) is 0 Å². The monoisotopic (exact) mass is 354 g/mol. The van der Waals surface area contributed by atoms with E-state index in [4.69, 9.17) is 0 Å². The second-order valence-electron chi connectivity index (χ2n) is 6.80. The number of rotatable bonds is 8. The zero-order chi connectivity index (χ0) is 18.9. The van der Waals surface area contributed by atoms with Crippen LogP contribution in [-0.2, 0) is 22.7 Å². The SMILES string of the molecule is CC(=O)N[C@H](CC(=O)NCc1ccccc1C[NH+](C)C)c1ccccc1. The van der Waals surface area contributed by atoms with Crippen molar-refractivity contribution >= 4 is 11.8 Å². The van der Waals surface area contributed by atoms with Crippen LogP contribution in [0.25, 0.3) is 0 Å². The Morgan fingerprint density at radius 2 is 1.58 bits per heavy atom. The lowest BCUT2D eigenvalue weighted by Crippen LogP contribution is -3.04. The van der Waals surface area contributed by atoms with Crippen LogP contribution in [0.4, 0.5) is 0 Å². The third-order valence-electron chi connectivity index (χ3n) is 4.11. The normalized spacial score (nSPS) is 11.8. The fourth-order valence-electron chi connectivity index (χ4n) is 2.92. The lowest BCUT2D eigenvalue weighted by Gasteiger charge is -2.18. The summed E-state index contributed by atoms with van der Waals surface area (Å²) in [6.45, 7) is 2.86. The third kappa shape index (κ3) is 6.33. The average Bonchev–Trinajstić information content (AvgIpc) is 2.60. The van der Waals surface area contributed by atoms with E-state index >= 15 is 0 Å². The summed E-state index contributed by atoms with van der Waals surface area (Å²) in [5.74, 6) is -0.231. The standard InChI is InChI=1S/C21H27N3O2/c1-16(25)23-20(17-9-5-4-6-10-17)13-21(26)22-14-18-11-7-8-12-19(18)15-24(2)3/h4-12,20H,13-15H2,1-3H3,(H,22,26)(H,23,25)/p+1/t20-/m1/s1. The van der Waals surface area contributed by atoms with Crippen molar-refractivity contribution in [2.45, 2.75) is 32.5 Å². The van der Waals surface area contributed by atoms with Gasteiger partial charge in [0.1, 0.15) is 6.54 Å². The van der Waals surface area contributed by atoms with Crippen molar-refractivity contribution in [2.75, 3.05) is 14.1 Å². The molecular weight excluding hydrogens is 326 g/mol. The van der Waals surface area contributed by atoms with Crippen LogP contribution in [-0.4, -0.2) is 25.9 Å². The predicted octanol–water partition coefficient (Wildman–Crippen LogP) is 1.21. The van der Waals surface area contributed by atoms with Gasteiger partial charge < -0.3 is 15.5 Å². The van der Waals surface area contributed by atoms with Crippen LogP contribution in [0.2, 0.25) is 0 Å². The summed E-state index contributed by atoms with van der Waals surface area (Å²) in [5.41, 5.74) is 3.28. The maximum absolute atomic E-state index is 12.4. The number of hydrogen-bond donors (Lipinski definition) is 3. The number of amides is 2. The summed E-state index contributed by atoms with van der Waals surface area (Å²) in [6, 6.07) is 17.4. The third-order valence-corrected chi connectivity index (χ3v) is 4.11. The van der Waals surface area contributed by atoms with Gasteiger partial charge in [-0.05, 0) is 11.1 Å². The van der Waals surface area contributed by atoms with Crippen molar-refractivity contribution in [1.29, 1.82) is 0 Å². The number of carbonyl (C=O) groups is 2. The Bertz CT molecular complexity index is 729. The molecule has 0 radical (unpaired) electrons. The van der Waals surface area contributed by atoms with E-state index in [0.29, 0.717) is 6.54 Å². The van der Waals surface area contributed by atoms with E-state index in [1.807, 2.05) is 48.5 Å². The van der Waals surface area contributed by atoms with E-state index in [9.17, 15) is 9.59 Å². The highest BCUT2D eigenvalue weighted by Crippen LogP contribution is 2.16. The van der Waals surface area contributed by atoms with E-state index < -0.39 is 0 Å². The van der Waals surface area contributed by atoms with Crippen molar-refractivity contribution < 1.29 is 14.5 Å². The molecule has 138 valence electrons. The maximum Gasteiger partial charge on any atom is 0.222 e. The number of carbonyl (C=O) groups excluding carboxylic acids is 2. The molecule has 0 fully saturated rings. The summed E-state index contributed by atoms with van der Waals surface area (Å²) in [6.07, 6.45) is 0.213. The summed E-state index contributed by atoms with van der Waals surface area (Å²) in [5, 5.41) is 5.85.